The van der Waals surface area contributed by atoms with Crippen LogP contribution in [0.5, 0.6) is 5.75 Å². The van der Waals surface area contributed by atoms with Gasteiger partial charge in [-0.15, -0.1) is 0 Å². The molecular weight excluding hydrogens is 380 g/mol. The van der Waals surface area contributed by atoms with Gasteiger partial charge in [0.1, 0.15) is 5.75 Å². The predicted molar refractivity (Wildman–Crippen MR) is 117 cm³/mol. The highest BCUT2D eigenvalue weighted by atomic mass is 16.5. The van der Waals surface area contributed by atoms with E-state index in [0.717, 1.165) is 63.4 Å². The summed E-state index contributed by atoms with van der Waals surface area (Å²) in [5.74, 6) is 1.17. The quantitative estimate of drug-likeness (QED) is 0.677. The summed E-state index contributed by atoms with van der Waals surface area (Å²) in [6.45, 7) is 6.59. The summed E-state index contributed by atoms with van der Waals surface area (Å²) in [7, 11) is 3.49. The Bertz CT molecular complexity index is 695. The van der Waals surface area contributed by atoms with Gasteiger partial charge in [-0.1, -0.05) is 31.0 Å². The van der Waals surface area contributed by atoms with Gasteiger partial charge in [-0.3, -0.25) is 19.4 Å². The van der Waals surface area contributed by atoms with E-state index in [-0.39, 0.29) is 11.8 Å². The Morgan fingerprint density at radius 2 is 1.50 bits per heavy atom. The molecule has 0 spiro atoms. The van der Waals surface area contributed by atoms with Gasteiger partial charge in [-0.25, -0.2) is 0 Å². The van der Waals surface area contributed by atoms with Crippen LogP contribution in [0, 0.1) is 0 Å². The fourth-order valence-corrected chi connectivity index (χ4v) is 4.21. The Hall–Kier alpha value is -2.12. The third-order valence-electron chi connectivity index (χ3n) is 6.17. The fourth-order valence-electron chi connectivity index (χ4n) is 4.21. The van der Waals surface area contributed by atoms with Crippen LogP contribution in [0.4, 0.5) is 0 Å². The number of hydrogen-bond acceptors (Lipinski definition) is 5. The van der Waals surface area contributed by atoms with E-state index in [1.165, 1.54) is 12.8 Å². The highest BCUT2D eigenvalue weighted by molar-refractivity contribution is 5.78. The van der Waals surface area contributed by atoms with Gasteiger partial charge in [0, 0.05) is 58.4 Å². The monoisotopic (exact) mass is 416 g/mol. The van der Waals surface area contributed by atoms with Crippen LogP contribution in [-0.2, 0) is 16.1 Å². The largest absolute Gasteiger partial charge is 0.496 e. The molecule has 0 N–H and O–H groups in total. The van der Waals surface area contributed by atoms with E-state index in [4.69, 9.17) is 4.74 Å². The molecule has 0 aromatic heterocycles. The molecular formula is C23H36N4O3. The topological polar surface area (TPSA) is 56.3 Å². The van der Waals surface area contributed by atoms with Crippen LogP contribution in [0.15, 0.2) is 24.3 Å². The molecule has 0 bridgehead atoms. The lowest BCUT2D eigenvalue weighted by molar-refractivity contribution is -0.134. The minimum absolute atomic E-state index is 0.106. The number of rotatable bonds is 7. The number of ether oxygens (including phenoxy) is 1. The molecule has 2 aliphatic heterocycles. The maximum atomic E-state index is 12.7. The molecule has 0 aliphatic carbocycles. The lowest BCUT2D eigenvalue weighted by atomic mass is 10.2. The number of carbonyl (C=O) groups is 2. The summed E-state index contributed by atoms with van der Waals surface area (Å²) >= 11 is 0. The van der Waals surface area contributed by atoms with Crippen LogP contribution in [0.2, 0.25) is 0 Å². The van der Waals surface area contributed by atoms with Crippen molar-refractivity contribution in [3.05, 3.63) is 29.8 Å². The Morgan fingerprint density at radius 3 is 2.13 bits per heavy atom. The first-order chi connectivity index (χ1) is 14.6. The standard InChI is InChI=1S/C23H36N4O3/c1-24(17-20-9-5-6-10-21(20)30-2)22(28)18-25-13-15-26(16-14-25)19-23(29)27-11-7-3-4-8-12-27/h5-6,9-10H,3-4,7-8,11-19H2,1-2H3. The molecule has 2 amide bonds. The summed E-state index contributed by atoms with van der Waals surface area (Å²) in [4.78, 5) is 33.5. The molecule has 7 nitrogen and oxygen atoms in total. The van der Waals surface area contributed by atoms with Crippen molar-refractivity contribution in [2.24, 2.45) is 0 Å². The lowest BCUT2D eigenvalue weighted by Crippen LogP contribution is -2.52. The summed E-state index contributed by atoms with van der Waals surface area (Å²) in [6.07, 6.45) is 4.73. The molecule has 30 heavy (non-hydrogen) atoms. The van der Waals surface area contributed by atoms with Crippen molar-refractivity contribution < 1.29 is 14.3 Å². The predicted octanol–water partition coefficient (Wildman–Crippen LogP) is 1.67. The first kappa shape index (κ1) is 22.6. The van der Waals surface area contributed by atoms with E-state index in [1.807, 2.05) is 36.2 Å². The Morgan fingerprint density at radius 1 is 0.900 bits per heavy atom. The number of hydrogen-bond donors (Lipinski definition) is 0. The summed E-state index contributed by atoms with van der Waals surface area (Å²) in [5, 5.41) is 0. The van der Waals surface area contributed by atoms with E-state index in [2.05, 4.69) is 9.80 Å². The summed E-state index contributed by atoms with van der Waals surface area (Å²) in [5.41, 5.74) is 1.01. The minimum atomic E-state index is 0.106. The number of carbonyl (C=O) groups excluding carboxylic acids is 2. The van der Waals surface area contributed by atoms with Crippen molar-refractivity contribution in [2.75, 3.05) is 66.5 Å². The molecule has 0 saturated carbocycles. The van der Waals surface area contributed by atoms with Gasteiger partial charge in [0.25, 0.3) is 0 Å². The molecule has 1 aromatic rings. The molecule has 7 heteroatoms. The number of nitrogens with zero attached hydrogens (tertiary/aromatic N) is 4. The van der Waals surface area contributed by atoms with Crippen molar-refractivity contribution in [2.45, 2.75) is 32.2 Å². The molecule has 2 fully saturated rings. The second kappa shape index (κ2) is 11.3. The lowest BCUT2D eigenvalue weighted by Gasteiger charge is -2.35. The third-order valence-corrected chi connectivity index (χ3v) is 6.17. The van der Waals surface area contributed by atoms with Gasteiger partial charge < -0.3 is 14.5 Å². The number of methoxy groups -OCH3 is 1. The highest BCUT2D eigenvalue weighted by Crippen LogP contribution is 2.19. The number of benzene rings is 1. The maximum absolute atomic E-state index is 12.7. The van der Waals surface area contributed by atoms with Crippen molar-refractivity contribution in [1.29, 1.82) is 0 Å². The minimum Gasteiger partial charge on any atom is -0.496 e. The smallest absolute Gasteiger partial charge is 0.236 e. The average molecular weight is 417 g/mol. The second-order valence-corrected chi connectivity index (χ2v) is 8.41. The molecule has 166 valence electrons. The van der Waals surface area contributed by atoms with Gasteiger partial charge in [-0.05, 0) is 18.9 Å². The zero-order chi connectivity index (χ0) is 21.3. The number of para-hydroxylation sites is 1. The zero-order valence-corrected chi connectivity index (χ0v) is 18.5. The molecule has 2 aliphatic rings. The van der Waals surface area contributed by atoms with Crippen LogP contribution in [0.25, 0.3) is 0 Å². The third kappa shape index (κ3) is 6.44. The van der Waals surface area contributed by atoms with E-state index < -0.39 is 0 Å². The second-order valence-electron chi connectivity index (χ2n) is 8.41. The fraction of sp³-hybridized carbons (Fsp3) is 0.652. The van der Waals surface area contributed by atoms with Crippen molar-refractivity contribution in [1.82, 2.24) is 19.6 Å². The Balaban J connectivity index is 1.40. The number of amides is 2. The number of likely N-dealkylation sites (N-methyl/N-ethyl adjacent to an activating group) is 1. The van der Waals surface area contributed by atoms with E-state index in [0.29, 0.717) is 19.6 Å². The number of piperazine rings is 1. The van der Waals surface area contributed by atoms with Crippen LogP contribution in [0.1, 0.15) is 31.2 Å². The van der Waals surface area contributed by atoms with E-state index in [1.54, 1.807) is 12.0 Å². The van der Waals surface area contributed by atoms with Crippen molar-refractivity contribution in [3.63, 3.8) is 0 Å². The molecule has 0 atom stereocenters. The van der Waals surface area contributed by atoms with Crippen LogP contribution >= 0.6 is 0 Å². The van der Waals surface area contributed by atoms with Crippen LogP contribution < -0.4 is 4.74 Å². The van der Waals surface area contributed by atoms with Gasteiger partial charge in [0.2, 0.25) is 11.8 Å². The summed E-state index contributed by atoms with van der Waals surface area (Å²) < 4.78 is 5.39. The molecule has 1 aromatic carbocycles. The molecule has 2 saturated heterocycles. The van der Waals surface area contributed by atoms with Crippen LogP contribution in [-0.4, -0.2) is 97.9 Å². The van der Waals surface area contributed by atoms with E-state index >= 15 is 0 Å². The Kier molecular flexibility index (Phi) is 8.51. The van der Waals surface area contributed by atoms with Crippen molar-refractivity contribution in [3.8, 4) is 5.75 Å². The highest BCUT2D eigenvalue weighted by Gasteiger charge is 2.24. The molecule has 0 radical (unpaired) electrons. The average Bonchev–Trinajstić information content (AvgIpc) is 3.05. The van der Waals surface area contributed by atoms with Gasteiger partial charge in [-0.2, -0.15) is 0 Å². The van der Waals surface area contributed by atoms with Gasteiger partial charge in [0.15, 0.2) is 0 Å². The van der Waals surface area contributed by atoms with Gasteiger partial charge in [0.05, 0.1) is 20.2 Å². The molecule has 0 unspecified atom stereocenters. The summed E-state index contributed by atoms with van der Waals surface area (Å²) in [6, 6.07) is 7.80. The van der Waals surface area contributed by atoms with Crippen molar-refractivity contribution >= 4 is 11.8 Å². The maximum Gasteiger partial charge on any atom is 0.236 e. The molecule has 3 rings (SSSR count). The zero-order valence-electron chi connectivity index (χ0n) is 18.5. The molecule has 2 heterocycles. The SMILES string of the molecule is COc1ccccc1CN(C)C(=O)CN1CCN(CC(=O)N2CCCCCC2)CC1. The van der Waals surface area contributed by atoms with E-state index in [9.17, 15) is 9.59 Å². The number of likely N-dealkylation sites (tertiary alicyclic amines) is 1. The Labute approximate surface area is 180 Å². The normalized spacial score (nSPS) is 18.7. The van der Waals surface area contributed by atoms with Gasteiger partial charge >= 0.3 is 0 Å². The first-order valence-corrected chi connectivity index (χ1v) is 11.1. The van der Waals surface area contributed by atoms with Crippen LogP contribution in [0.3, 0.4) is 0 Å². The first-order valence-electron chi connectivity index (χ1n) is 11.1.